The zero-order chi connectivity index (χ0) is 13.9. The smallest absolute Gasteiger partial charge is 0.241 e. The number of nitrogens with zero attached hydrogens (tertiary/aromatic N) is 1. The molecule has 102 valence electrons. The first-order chi connectivity index (χ1) is 8.99. The molecule has 7 heteroatoms. The largest absolute Gasteiger partial charge is 0.353 e. The molecule has 0 unspecified atom stereocenters. The van der Waals surface area contributed by atoms with E-state index in [2.05, 4.69) is 20.7 Å². The van der Waals surface area contributed by atoms with Crippen molar-refractivity contribution in [1.82, 2.24) is 9.29 Å². The van der Waals surface area contributed by atoms with Gasteiger partial charge in [-0.2, -0.15) is 0 Å². The van der Waals surface area contributed by atoms with E-state index >= 15 is 0 Å². The number of hydrogen-bond acceptors (Lipinski definition) is 2. The average molecular weight is 347 g/mol. The van der Waals surface area contributed by atoms with Crippen LogP contribution < -0.4 is 4.72 Å². The molecule has 2 aromatic rings. The Bertz CT molecular complexity index is 656. The molecule has 0 atom stereocenters. The zero-order valence-electron chi connectivity index (χ0n) is 9.88. The molecule has 0 spiro atoms. The first-order valence-corrected chi connectivity index (χ1v) is 7.82. The zero-order valence-corrected chi connectivity index (χ0v) is 12.3. The van der Waals surface area contributed by atoms with E-state index in [0.717, 1.165) is 12.1 Å². The Morgan fingerprint density at radius 3 is 2.58 bits per heavy atom. The molecule has 0 aliphatic carbocycles. The van der Waals surface area contributed by atoms with Crippen molar-refractivity contribution in [3.8, 4) is 0 Å². The van der Waals surface area contributed by atoms with E-state index in [0.29, 0.717) is 6.54 Å². The lowest BCUT2D eigenvalue weighted by molar-refractivity contribution is 0.572. The molecule has 0 saturated heterocycles. The maximum atomic E-state index is 12.9. The molecule has 0 bridgehead atoms. The van der Waals surface area contributed by atoms with Gasteiger partial charge in [-0.3, -0.25) is 0 Å². The highest BCUT2D eigenvalue weighted by Gasteiger charge is 2.17. The first-order valence-electron chi connectivity index (χ1n) is 5.54. The summed E-state index contributed by atoms with van der Waals surface area (Å²) in [5.74, 6) is -0.488. The minimum absolute atomic E-state index is 0.0291. The van der Waals surface area contributed by atoms with E-state index in [4.69, 9.17) is 0 Å². The van der Waals surface area contributed by atoms with Gasteiger partial charge < -0.3 is 4.57 Å². The van der Waals surface area contributed by atoms with Crippen LogP contribution in [0.3, 0.4) is 0 Å². The van der Waals surface area contributed by atoms with Crippen molar-refractivity contribution in [2.45, 2.75) is 11.4 Å². The van der Waals surface area contributed by atoms with E-state index < -0.39 is 15.8 Å². The van der Waals surface area contributed by atoms with Crippen LogP contribution in [0.5, 0.6) is 0 Å². The van der Waals surface area contributed by atoms with Crippen molar-refractivity contribution in [2.24, 2.45) is 0 Å². The molecule has 1 aromatic carbocycles. The molecule has 0 saturated carbocycles. The number of halogens is 2. The van der Waals surface area contributed by atoms with Crippen molar-refractivity contribution in [3.63, 3.8) is 0 Å². The van der Waals surface area contributed by atoms with E-state index in [-0.39, 0.29) is 15.9 Å². The average Bonchev–Trinajstić information content (AvgIpc) is 2.81. The van der Waals surface area contributed by atoms with Crippen molar-refractivity contribution in [1.29, 1.82) is 0 Å². The maximum Gasteiger partial charge on any atom is 0.241 e. The van der Waals surface area contributed by atoms with Gasteiger partial charge in [0.1, 0.15) is 5.82 Å². The standard InChI is InChI=1S/C12H12BrFN2O2S/c13-11-9-10(14)3-4-12(11)19(17,18)15-5-8-16-6-1-2-7-16/h1-4,6-7,9,15H,5,8H2. The summed E-state index contributed by atoms with van der Waals surface area (Å²) in [6.45, 7) is 0.797. The van der Waals surface area contributed by atoms with Crippen molar-refractivity contribution >= 4 is 26.0 Å². The molecule has 2 rings (SSSR count). The van der Waals surface area contributed by atoms with Crippen LogP contribution in [-0.4, -0.2) is 19.5 Å². The normalized spacial score (nSPS) is 11.7. The maximum absolute atomic E-state index is 12.9. The fraction of sp³-hybridized carbons (Fsp3) is 0.167. The summed E-state index contributed by atoms with van der Waals surface area (Å²) in [6.07, 6.45) is 3.70. The highest BCUT2D eigenvalue weighted by molar-refractivity contribution is 9.10. The highest BCUT2D eigenvalue weighted by Crippen LogP contribution is 2.22. The molecule has 0 radical (unpaired) electrons. The number of rotatable bonds is 5. The molecule has 19 heavy (non-hydrogen) atoms. The van der Waals surface area contributed by atoms with Gasteiger partial charge in [0.05, 0.1) is 4.90 Å². The molecule has 1 aromatic heterocycles. The second-order valence-corrected chi connectivity index (χ2v) is 6.48. The van der Waals surface area contributed by atoms with E-state index in [1.807, 2.05) is 29.1 Å². The quantitative estimate of drug-likeness (QED) is 0.903. The summed E-state index contributed by atoms with van der Waals surface area (Å²) in [4.78, 5) is 0.0291. The Kier molecular flexibility index (Phi) is 4.38. The van der Waals surface area contributed by atoms with Gasteiger partial charge in [-0.25, -0.2) is 17.5 Å². The third-order valence-corrected chi connectivity index (χ3v) is 4.95. The summed E-state index contributed by atoms with van der Waals surface area (Å²) in [5, 5.41) is 0. The Morgan fingerprint density at radius 2 is 1.95 bits per heavy atom. The van der Waals surface area contributed by atoms with E-state index in [1.165, 1.54) is 6.07 Å². The molecule has 0 aliphatic heterocycles. The molecule has 0 fully saturated rings. The Hall–Kier alpha value is -1.18. The fourth-order valence-corrected chi connectivity index (χ4v) is 3.67. The summed E-state index contributed by atoms with van der Waals surface area (Å²) in [5.41, 5.74) is 0. The lowest BCUT2D eigenvalue weighted by atomic mass is 10.3. The number of aromatic nitrogens is 1. The van der Waals surface area contributed by atoms with Gasteiger partial charge in [0.2, 0.25) is 10.0 Å². The predicted octanol–water partition coefficient (Wildman–Crippen LogP) is 2.37. The molecular formula is C12H12BrFN2O2S. The van der Waals surface area contributed by atoms with Crippen LogP contribution in [0, 0.1) is 5.82 Å². The number of sulfonamides is 1. The summed E-state index contributed by atoms with van der Waals surface area (Å²) >= 11 is 3.05. The van der Waals surface area contributed by atoms with Crippen molar-refractivity contribution in [3.05, 3.63) is 53.0 Å². The molecule has 4 nitrogen and oxygen atoms in total. The van der Waals surface area contributed by atoms with Crippen molar-refractivity contribution in [2.75, 3.05) is 6.54 Å². The van der Waals surface area contributed by atoms with Crippen LogP contribution in [-0.2, 0) is 16.6 Å². The van der Waals surface area contributed by atoms with Crippen LogP contribution in [0.2, 0.25) is 0 Å². The van der Waals surface area contributed by atoms with E-state index in [1.54, 1.807) is 0 Å². The topological polar surface area (TPSA) is 51.1 Å². The van der Waals surface area contributed by atoms with Gasteiger partial charge in [-0.15, -0.1) is 0 Å². The van der Waals surface area contributed by atoms with Crippen LogP contribution >= 0.6 is 15.9 Å². The number of benzene rings is 1. The first kappa shape index (κ1) is 14.2. The number of hydrogen-bond donors (Lipinski definition) is 1. The summed E-state index contributed by atoms with van der Waals surface area (Å²) in [6, 6.07) is 7.21. The minimum Gasteiger partial charge on any atom is -0.353 e. The Balaban J connectivity index is 2.05. The lowest BCUT2D eigenvalue weighted by Crippen LogP contribution is -2.27. The second-order valence-electron chi connectivity index (χ2n) is 3.89. The van der Waals surface area contributed by atoms with Gasteiger partial charge in [0, 0.05) is 30.0 Å². The Labute approximate surface area is 119 Å². The monoisotopic (exact) mass is 346 g/mol. The Morgan fingerprint density at radius 1 is 1.26 bits per heavy atom. The van der Waals surface area contributed by atoms with Gasteiger partial charge in [0.15, 0.2) is 0 Å². The molecule has 1 heterocycles. The minimum atomic E-state index is -3.64. The molecule has 0 aliphatic rings. The van der Waals surface area contributed by atoms with Crippen LogP contribution in [0.4, 0.5) is 4.39 Å². The number of nitrogens with one attached hydrogen (secondary N) is 1. The van der Waals surface area contributed by atoms with Gasteiger partial charge in [-0.05, 0) is 46.3 Å². The van der Waals surface area contributed by atoms with Gasteiger partial charge in [-0.1, -0.05) is 0 Å². The SMILES string of the molecule is O=S(=O)(NCCn1cccc1)c1ccc(F)cc1Br. The second kappa shape index (κ2) is 5.85. The van der Waals surface area contributed by atoms with Crippen LogP contribution in [0.25, 0.3) is 0 Å². The van der Waals surface area contributed by atoms with Gasteiger partial charge in [0.25, 0.3) is 0 Å². The third-order valence-electron chi connectivity index (χ3n) is 2.51. The van der Waals surface area contributed by atoms with Crippen LogP contribution in [0.15, 0.2) is 52.1 Å². The van der Waals surface area contributed by atoms with E-state index in [9.17, 15) is 12.8 Å². The molecule has 0 amide bonds. The highest BCUT2D eigenvalue weighted by atomic mass is 79.9. The summed E-state index contributed by atoms with van der Waals surface area (Å²) < 4.78 is 41.5. The van der Waals surface area contributed by atoms with Crippen molar-refractivity contribution < 1.29 is 12.8 Å². The van der Waals surface area contributed by atoms with Gasteiger partial charge >= 0.3 is 0 Å². The fourth-order valence-electron chi connectivity index (χ4n) is 1.60. The lowest BCUT2D eigenvalue weighted by Gasteiger charge is -2.09. The summed E-state index contributed by atoms with van der Waals surface area (Å²) in [7, 11) is -3.64. The molecule has 1 N–H and O–H groups in total. The third kappa shape index (κ3) is 3.65. The predicted molar refractivity (Wildman–Crippen MR) is 73.7 cm³/mol. The van der Waals surface area contributed by atoms with Crippen LogP contribution in [0.1, 0.15) is 0 Å². The molecular weight excluding hydrogens is 335 g/mol.